The molecule has 4 N–H and O–H groups in total. The molecule has 1 unspecified atom stereocenters. The number of unbranched alkanes of at least 4 members (excludes halogenated alkanes) is 17. The van der Waals surface area contributed by atoms with Crippen LogP contribution < -0.4 is 34.9 Å². The molecule has 0 fully saturated rings. The standard InChI is InChI=1S/C16H31NO3.C12H26O4S.C6H15NO3.Na/c1-4-5-6-7-8-9-10-11-12-13-15(18)20-16(19)14(2)17-3;1-2-3-4-5-6-7-8-9-10-11-12-16-17(13,14)15;8-4-1-7(2-5-9)3-6-10;/h14,17H,4-13H2,1-3H3;2-12H2,1H3,(H,13,14,15);8-10H,1-6H2;/q;;;+1/p-1. The second-order valence-electron chi connectivity index (χ2n) is 11.8. The Kier molecular flexibility index (Phi) is 48.9. The molecule has 284 valence electrons. The van der Waals surface area contributed by atoms with Crippen molar-refractivity contribution in [1.82, 2.24) is 10.2 Å². The molecule has 0 aliphatic carbocycles. The first-order valence-electron chi connectivity index (χ1n) is 18.1. The Labute approximate surface area is 315 Å². The van der Waals surface area contributed by atoms with Gasteiger partial charge in [-0.05, 0) is 26.8 Å². The molecule has 12 nitrogen and oxygen atoms in total. The maximum absolute atomic E-state index is 11.4. The van der Waals surface area contributed by atoms with Crippen LogP contribution in [-0.2, 0) is 28.9 Å². The molecule has 0 aromatic carbocycles. The molecule has 0 aromatic rings. The third kappa shape index (κ3) is 47.9. The molecule has 0 saturated heterocycles. The Morgan fingerprint density at radius 3 is 1.38 bits per heavy atom. The Bertz CT molecular complexity index is 765. The van der Waals surface area contributed by atoms with Gasteiger partial charge in [-0.3, -0.25) is 13.9 Å². The molecular weight excluding hydrogens is 651 g/mol. The number of aliphatic hydroxyl groups excluding tert-OH is 3. The Hall–Kier alpha value is -0.190. The van der Waals surface area contributed by atoms with Gasteiger partial charge >= 0.3 is 41.5 Å². The average Bonchev–Trinajstić information content (AvgIpc) is 3.03. The van der Waals surface area contributed by atoms with Crippen molar-refractivity contribution < 1.29 is 76.4 Å². The van der Waals surface area contributed by atoms with Gasteiger partial charge < -0.3 is 29.9 Å². The van der Waals surface area contributed by atoms with Gasteiger partial charge in [0.05, 0.1) is 26.4 Å². The van der Waals surface area contributed by atoms with Crippen LogP contribution in [-0.4, -0.2) is 104 Å². The molecule has 0 aromatic heterocycles. The third-order valence-electron chi connectivity index (χ3n) is 7.46. The molecular formula is C34H71N2NaO10S. The van der Waals surface area contributed by atoms with E-state index in [1.165, 1.54) is 89.9 Å². The molecule has 1 atom stereocenters. The minimum absolute atomic E-state index is 0. The number of ether oxygens (including phenoxy) is 1. The molecule has 0 radical (unpaired) electrons. The number of rotatable bonds is 30. The first kappa shape index (κ1) is 54.6. The van der Waals surface area contributed by atoms with E-state index in [2.05, 4.69) is 23.3 Å². The van der Waals surface area contributed by atoms with E-state index in [1.54, 1.807) is 18.9 Å². The van der Waals surface area contributed by atoms with E-state index in [0.29, 0.717) is 32.5 Å². The zero-order chi connectivity index (χ0) is 36.0. The summed E-state index contributed by atoms with van der Waals surface area (Å²) in [6, 6.07) is -0.429. The van der Waals surface area contributed by atoms with Crippen LogP contribution in [0.3, 0.4) is 0 Å². The first-order valence-corrected chi connectivity index (χ1v) is 19.4. The van der Waals surface area contributed by atoms with Gasteiger partial charge in [0.15, 0.2) is 0 Å². The molecule has 0 heterocycles. The Morgan fingerprint density at radius 1 is 0.688 bits per heavy atom. The van der Waals surface area contributed by atoms with Crippen molar-refractivity contribution in [3.8, 4) is 0 Å². The quantitative estimate of drug-likeness (QED) is 0.0212. The van der Waals surface area contributed by atoms with Gasteiger partial charge in [0.1, 0.15) is 6.04 Å². The predicted molar refractivity (Wildman–Crippen MR) is 187 cm³/mol. The van der Waals surface area contributed by atoms with Crippen molar-refractivity contribution in [3.63, 3.8) is 0 Å². The number of likely N-dealkylation sites (N-methyl/N-ethyl adjacent to an activating group) is 1. The smallest absolute Gasteiger partial charge is 0.726 e. The van der Waals surface area contributed by atoms with Gasteiger partial charge in [-0.15, -0.1) is 0 Å². The molecule has 0 aliphatic rings. The van der Waals surface area contributed by atoms with Gasteiger partial charge in [0.25, 0.3) is 0 Å². The van der Waals surface area contributed by atoms with E-state index < -0.39 is 28.4 Å². The van der Waals surface area contributed by atoms with E-state index in [4.69, 9.17) is 20.1 Å². The van der Waals surface area contributed by atoms with Gasteiger partial charge in [-0.1, -0.05) is 123 Å². The monoisotopic (exact) mass is 722 g/mol. The fourth-order valence-corrected chi connectivity index (χ4v) is 4.78. The van der Waals surface area contributed by atoms with Crippen LogP contribution in [0.5, 0.6) is 0 Å². The van der Waals surface area contributed by atoms with Crippen LogP contribution in [0.25, 0.3) is 0 Å². The maximum atomic E-state index is 11.4. The first-order chi connectivity index (χ1) is 22.5. The van der Waals surface area contributed by atoms with Crippen LogP contribution in [0.1, 0.15) is 149 Å². The summed E-state index contributed by atoms with van der Waals surface area (Å²) < 4.78 is 39.2. The summed E-state index contributed by atoms with van der Waals surface area (Å²) in [6.07, 6.45) is 22.9. The van der Waals surface area contributed by atoms with Crippen LogP contribution >= 0.6 is 0 Å². The number of hydrogen-bond donors (Lipinski definition) is 4. The number of hydrogen-bond acceptors (Lipinski definition) is 12. The van der Waals surface area contributed by atoms with E-state index >= 15 is 0 Å². The van der Waals surface area contributed by atoms with Crippen molar-refractivity contribution >= 4 is 22.3 Å². The Morgan fingerprint density at radius 2 is 1.04 bits per heavy atom. The summed E-state index contributed by atoms with van der Waals surface area (Å²) in [7, 11) is -2.82. The fourth-order valence-electron chi connectivity index (χ4n) is 4.46. The number of nitrogens with zero attached hydrogens (tertiary/aromatic N) is 1. The number of esters is 2. The van der Waals surface area contributed by atoms with Crippen molar-refractivity contribution in [2.45, 2.75) is 155 Å². The summed E-state index contributed by atoms with van der Waals surface area (Å²) in [5.74, 6) is -0.895. The minimum atomic E-state index is -4.48. The summed E-state index contributed by atoms with van der Waals surface area (Å²) >= 11 is 0. The molecule has 14 heteroatoms. The van der Waals surface area contributed by atoms with E-state index in [0.717, 1.165) is 25.7 Å². The fraction of sp³-hybridized carbons (Fsp3) is 0.941. The zero-order valence-corrected chi connectivity index (χ0v) is 34.0. The molecule has 0 aliphatic heterocycles. The molecule has 0 spiro atoms. The topological polar surface area (TPSA) is 186 Å². The molecule has 0 saturated carbocycles. The summed E-state index contributed by atoms with van der Waals surface area (Å²) in [5, 5.41) is 28.2. The summed E-state index contributed by atoms with van der Waals surface area (Å²) in [5.41, 5.74) is 0. The minimum Gasteiger partial charge on any atom is -0.726 e. The van der Waals surface area contributed by atoms with Crippen molar-refractivity contribution in [1.29, 1.82) is 0 Å². The van der Waals surface area contributed by atoms with Crippen molar-refractivity contribution in [3.05, 3.63) is 0 Å². The third-order valence-corrected chi connectivity index (χ3v) is 7.92. The number of aliphatic hydroxyl groups is 3. The van der Waals surface area contributed by atoms with Crippen LogP contribution in [0.15, 0.2) is 0 Å². The van der Waals surface area contributed by atoms with Crippen LogP contribution in [0.4, 0.5) is 0 Å². The van der Waals surface area contributed by atoms with E-state index in [-0.39, 0.29) is 56.0 Å². The summed E-state index contributed by atoms with van der Waals surface area (Å²) in [6.45, 7) is 7.89. The zero-order valence-electron chi connectivity index (χ0n) is 31.2. The number of carbonyl (C=O) groups is 2. The summed E-state index contributed by atoms with van der Waals surface area (Å²) in [4.78, 5) is 24.5. The van der Waals surface area contributed by atoms with Gasteiger partial charge in [0, 0.05) is 26.1 Å². The van der Waals surface area contributed by atoms with Crippen LogP contribution in [0, 0.1) is 0 Å². The largest absolute Gasteiger partial charge is 1.00 e. The van der Waals surface area contributed by atoms with Gasteiger partial charge in [-0.25, -0.2) is 13.2 Å². The Balaban J connectivity index is -0.000000315. The average molecular weight is 723 g/mol. The second kappa shape index (κ2) is 43.0. The van der Waals surface area contributed by atoms with Gasteiger partial charge in [0.2, 0.25) is 10.4 Å². The van der Waals surface area contributed by atoms with E-state index in [1.807, 2.05) is 0 Å². The maximum Gasteiger partial charge on any atom is 1.00 e. The van der Waals surface area contributed by atoms with Crippen molar-refractivity contribution in [2.75, 3.05) is 53.1 Å². The van der Waals surface area contributed by atoms with Crippen molar-refractivity contribution in [2.24, 2.45) is 0 Å². The molecule has 0 rings (SSSR count). The normalized spacial score (nSPS) is 11.5. The molecule has 0 amide bonds. The number of carbonyl (C=O) groups excluding carboxylic acids is 2. The SMILES string of the molecule is CCCCCCCCCCCC(=O)OC(=O)C(C)NC.CCCCCCCCCCCCOS(=O)(=O)[O-].OCCN(CCO)CCO.[Na+]. The van der Waals surface area contributed by atoms with E-state index in [9.17, 15) is 22.6 Å². The predicted octanol–water partition coefficient (Wildman–Crippen LogP) is 2.24. The second-order valence-corrected chi connectivity index (χ2v) is 12.9. The van der Waals surface area contributed by atoms with Gasteiger partial charge in [-0.2, -0.15) is 0 Å². The molecule has 48 heavy (non-hydrogen) atoms. The van der Waals surface area contributed by atoms with Crippen LogP contribution in [0.2, 0.25) is 0 Å². The number of nitrogens with one attached hydrogen (secondary N) is 1. The molecule has 0 bridgehead atoms.